The molecule has 0 aromatic carbocycles. The fraction of sp³-hybridized carbons (Fsp3) is 1.00. The van der Waals surface area contributed by atoms with Gasteiger partial charge in [0.2, 0.25) is 0 Å². The number of hydrogen-bond donors (Lipinski definition) is 1. The summed E-state index contributed by atoms with van der Waals surface area (Å²) in [6, 6.07) is 0.648. The van der Waals surface area contributed by atoms with Crippen LogP contribution in [0.15, 0.2) is 0 Å². The van der Waals surface area contributed by atoms with Gasteiger partial charge in [0.25, 0.3) is 0 Å². The molecule has 1 N–H and O–H groups in total. The topological polar surface area (TPSA) is 21.3 Å². The molecular weight excluding hydrogens is 174 g/mol. The van der Waals surface area contributed by atoms with E-state index in [0.29, 0.717) is 6.04 Å². The Morgan fingerprint density at radius 1 is 1.14 bits per heavy atom. The second-order valence-electron chi connectivity index (χ2n) is 5.09. The van der Waals surface area contributed by atoms with Gasteiger partial charge in [-0.05, 0) is 37.6 Å². The third-order valence-electron chi connectivity index (χ3n) is 3.76. The van der Waals surface area contributed by atoms with Crippen molar-refractivity contribution in [3.63, 3.8) is 0 Å². The number of ether oxygens (including phenoxy) is 1. The van der Waals surface area contributed by atoms with Crippen LogP contribution in [0.3, 0.4) is 0 Å². The van der Waals surface area contributed by atoms with Gasteiger partial charge in [0.15, 0.2) is 0 Å². The van der Waals surface area contributed by atoms with Crippen molar-refractivity contribution in [2.45, 2.75) is 45.1 Å². The molecule has 1 unspecified atom stereocenters. The van der Waals surface area contributed by atoms with Crippen LogP contribution in [0.2, 0.25) is 0 Å². The van der Waals surface area contributed by atoms with Crippen LogP contribution in [0.4, 0.5) is 0 Å². The Hall–Kier alpha value is -0.0800. The molecule has 1 aliphatic heterocycles. The highest BCUT2D eigenvalue weighted by Crippen LogP contribution is 2.27. The Morgan fingerprint density at radius 2 is 1.93 bits per heavy atom. The van der Waals surface area contributed by atoms with Gasteiger partial charge >= 0.3 is 0 Å². The van der Waals surface area contributed by atoms with Crippen LogP contribution in [0.1, 0.15) is 39.0 Å². The molecule has 1 heterocycles. The first-order valence-corrected chi connectivity index (χ1v) is 6.15. The maximum Gasteiger partial charge on any atom is 0.0620 e. The first kappa shape index (κ1) is 10.4. The van der Waals surface area contributed by atoms with Crippen LogP contribution in [-0.2, 0) is 4.74 Å². The van der Waals surface area contributed by atoms with Gasteiger partial charge in [-0.15, -0.1) is 0 Å². The molecule has 0 aromatic rings. The van der Waals surface area contributed by atoms with Crippen molar-refractivity contribution in [1.29, 1.82) is 0 Å². The van der Waals surface area contributed by atoms with Crippen molar-refractivity contribution in [1.82, 2.24) is 5.32 Å². The molecule has 1 saturated heterocycles. The molecule has 1 aliphatic carbocycles. The summed E-state index contributed by atoms with van der Waals surface area (Å²) < 4.78 is 5.35. The molecule has 0 radical (unpaired) electrons. The maximum atomic E-state index is 5.35. The molecule has 2 aliphatic rings. The van der Waals surface area contributed by atoms with E-state index in [2.05, 4.69) is 12.2 Å². The van der Waals surface area contributed by atoms with E-state index in [-0.39, 0.29) is 0 Å². The van der Waals surface area contributed by atoms with Crippen LogP contribution in [0.25, 0.3) is 0 Å². The first-order valence-electron chi connectivity index (χ1n) is 6.15. The van der Waals surface area contributed by atoms with E-state index in [4.69, 9.17) is 4.74 Å². The summed E-state index contributed by atoms with van der Waals surface area (Å²) in [6.07, 6.45) is 6.95. The molecule has 0 amide bonds. The van der Waals surface area contributed by atoms with E-state index < -0.39 is 0 Å². The minimum Gasteiger partial charge on any atom is -0.380 e. The van der Waals surface area contributed by atoms with Gasteiger partial charge in [-0.3, -0.25) is 0 Å². The molecule has 2 fully saturated rings. The van der Waals surface area contributed by atoms with Crippen molar-refractivity contribution < 1.29 is 4.74 Å². The number of rotatable bonds is 3. The lowest BCUT2D eigenvalue weighted by molar-refractivity contribution is 0.187. The van der Waals surface area contributed by atoms with Crippen molar-refractivity contribution in [3.05, 3.63) is 0 Å². The molecule has 1 atom stereocenters. The highest BCUT2D eigenvalue weighted by Gasteiger charge is 2.20. The van der Waals surface area contributed by atoms with E-state index in [9.17, 15) is 0 Å². The SMILES string of the molecule is CC1CCC(CNC2CCOC2)CC1. The summed E-state index contributed by atoms with van der Waals surface area (Å²) in [7, 11) is 0. The van der Waals surface area contributed by atoms with E-state index in [1.54, 1.807) is 0 Å². The average molecular weight is 197 g/mol. The molecule has 2 nitrogen and oxygen atoms in total. The first-order chi connectivity index (χ1) is 6.84. The lowest BCUT2D eigenvalue weighted by atomic mass is 9.83. The molecule has 82 valence electrons. The molecule has 0 spiro atoms. The van der Waals surface area contributed by atoms with Gasteiger partial charge in [-0.2, -0.15) is 0 Å². The van der Waals surface area contributed by atoms with E-state index in [1.807, 2.05) is 0 Å². The van der Waals surface area contributed by atoms with Gasteiger partial charge in [0.05, 0.1) is 6.61 Å². The summed E-state index contributed by atoms with van der Waals surface area (Å²) in [5.74, 6) is 1.91. The second-order valence-corrected chi connectivity index (χ2v) is 5.09. The summed E-state index contributed by atoms with van der Waals surface area (Å²) in [5.41, 5.74) is 0. The predicted octanol–water partition coefficient (Wildman–Crippen LogP) is 2.19. The summed E-state index contributed by atoms with van der Waals surface area (Å²) >= 11 is 0. The fourth-order valence-corrected chi connectivity index (χ4v) is 2.56. The highest BCUT2D eigenvalue weighted by molar-refractivity contribution is 4.76. The van der Waals surface area contributed by atoms with Crippen molar-refractivity contribution in [2.24, 2.45) is 11.8 Å². The fourth-order valence-electron chi connectivity index (χ4n) is 2.56. The monoisotopic (exact) mass is 197 g/mol. The van der Waals surface area contributed by atoms with Crippen LogP contribution >= 0.6 is 0 Å². The minimum atomic E-state index is 0.648. The Morgan fingerprint density at radius 3 is 2.57 bits per heavy atom. The summed E-state index contributed by atoms with van der Waals surface area (Å²) in [6.45, 7) is 5.50. The molecule has 14 heavy (non-hydrogen) atoms. The predicted molar refractivity (Wildman–Crippen MR) is 58.3 cm³/mol. The minimum absolute atomic E-state index is 0.648. The summed E-state index contributed by atoms with van der Waals surface area (Å²) in [5, 5.41) is 3.64. The van der Waals surface area contributed by atoms with Gasteiger partial charge in [0, 0.05) is 12.6 Å². The zero-order valence-corrected chi connectivity index (χ0v) is 9.30. The van der Waals surface area contributed by atoms with Crippen molar-refractivity contribution in [3.8, 4) is 0 Å². The maximum absolute atomic E-state index is 5.35. The standard InChI is InChI=1S/C12H23NO/c1-10-2-4-11(5-3-10)8-13-12-6-7-14-9-12/h10-13H,2-9H2,1H3. The van der Waals surface area contributed by atoms with E-state index >= 15 is 0 Å². The van der Waals surface area contributed by atoms with Gasteiger partial charge in [-0.1, -0.05) is 19.8 Å². The van der Waals surface area contributed by atoms with Crippen LogP contribution in [-0.4, -0.2) is 25.8 Å². The zero-order valence-electron chi connectivity index (χ0n) is 9.30. The molecule has 2 rings (SSSR count). The lowest BCUT2D eigenvalue weighted by Gasteiger charge is -2.27. The molecule has 2 heteroatoms. The van der Waals surface area contributed by atoms with Crippen LogP contribution < -0.4 is 5.32 Å². The number of nitrogens with one attached hydrogen (secondary N) is 1. The normalized spacial score (nSPS) is 38.8. The Kier molecular flexibility index (Phi) is 3.82. The zero-order chi connectivity index (χ0) is 9.80. The molecule has 1 saturated carbocycles. The lowest BCUT2D eigenvalue weighted by Crippen LogP contribution is -2.34. The Balaban J connectivity index is 1.60. The number of hydrogen-bond acceptors (Lipinski definition) is 2. The Labute approximate surface area is 87.4 Å². The van der Waals surface area contributed by atoms with Gasteiger partial charge in [0.1, 0.15) is 0 Å². The Bertz CT molecular complexity index is 158. The van der Waals surface area contributed by atoms with Gasteiger partial charge < -0.3 is 10.1 Å². The smallest absolute Gasteiger partial charge is 0.0620 e. The molecular formula is C12H23NO. The third kappa shape index (κ3) is 2.96. The van der Waals surface area contributed by atoms with Crippen molar-refractivity contribution >= 4 is 0 Å². The highest BCUT2D eigenvalue weighted by atomic mass is 16.5. The second kappa shape index (κ2) is 5.13. The van der Waals surface area contributed by atoms with E-state index in [1.165, 1.54) is 38.6 Å². The average Bonchev–Trinajstić information content (AvgIpc) is 2.70. The molecule has 0 aromatic heterocycles. The largest absolute Gasteiger partial charge is 0.380 e. The van der Waals surface area contributed by atoms with Gasteiger partial charge in [-0.25, -0.2) is 0 Å². The molecule has 0 bridgehead atoms. The van der Waals surface area contributed by atoms with Crippen molar-refractivity contribution in [2.75, 3.05) is 19.8 Å². The van der Waals surface area contributed by atoms with Crippen LogP contribution in [0.5, 0.6) is 0 Å². The third-order valence-corrected chi connectivity index (χ3v) is 3.76. The van der Waals surface area contributed by atoms with Crippen LogP contribution in [0, 0.1) is 11.8 Å². The summed E-state index contributed by atoms with van der Waals surface area (Å²) in [4.78, 5) is 0. The quantitative estimate of drug-likeness (QED) is 0.749. The van der Waals surface area contributed by atoms with E-state index in [0.717, 1.165) is 25.0 Å².